The van der Waals surface area contributed by atoms with E-state index in [1.807, 2.05) is 0 Å². The van der Waals surface area contributed by atoms with Gasteiger partial charge in [0.25, 0.3) is 11.8 Å². The molecule has 3 rings (SSSR count). The predicted molar refractivity (Wildman–Crippen MR) is 116 cm³/mol. The van der Waals surface area contributed by atoms with E-state index in [1.165, 1.54) is 19.2 Å². The molecule has 1 aliphatic rings. The first-order valence-corrected chi connectivity index (χ1v) is 10.2. The van der Waals surface area contributed by atoms with Crippen LogP contribution in [-0.2, 0) is 19.1 Å². The van der Waals surface area contributed by atoms with E-state index in [2.05, 4.69) is 10.7 Å². The highest BCUT2D eigenvalue weighted by Gasteiger charge is 2.37. The lowest BCUT2D eigenvalue weighted by Gasteiger charge is -2.18. The number of nitrogens with one attached hydrogen (secondary N) is 2. The van der Waals surface area contributed by atoms with Crippen LogP contribution < -0.4 is 15.5 Å². The van der Waals surface area contributed by atoms with E-state index in [0.29, 0.717) is 16.5 Å². The second-order valence-electron chi connectivity index (χ2n) is 6.83. The van der Waals surface area contributed by atoms with Crippen LogP contribution in [0.15, 0.2) is 42.5 Å². The number of anilines is 1. The number of esters is 1. The number of methoxy groups -OCH3 is 1. The number of nitrogens with zero attached hydrogens (tertiary/aromatic N) is 1. The summed E-state index contributed by atoms with van der Waals surface area (Å²) in [5.74, 6) is -2.82. The van der Waals surface area contributed by atoms with Crippen molar-refractivity contribution in [1.29, 1.82) is 0 Å². The molecule has 9 nitrogen and oxygen atoms in total. The van der Waals surface area contributed by atoms with Gasteiger partial charge in [-0.05, 0) is 30.3 Å². The van der Waals surface area contributed by atoms with E-state index in [9.17, 15) is 19.2 Å². The maximum Gasteiger partial charge on any atom is 0.311 e. The minimum Gasteiger partial charge on any atom is -0.495 e. The van der Waals surface area contributed by atoms with E-state index >= 15 is 0 Å². The topological polar surface area (TPSA) is 114 Å². The Kier molecular flexibility index (Phi) is 7.55. The average Bonchev–Trinajstić information content (AvgIpc) is 3.12. The molecule has 0 radical (unpaired) electrons. The zero-order chi connectivity index (χ0) is 23.3. The van der Waals surface area contributed by atoms with Crippen LogP contribution >= 0.6 is 23.2 Å². The number of rotatable bonds is 7. The number of hydrogen-bond donors (Lipinski definition) is 2. The maximum absolute atomic E-state index is 12.3. The zero-order valence-electron chi connectivity index (χ0n) is 16.9. The Morgan fingerprint density at radius 3 is 2.62 bits per heavy atom. The van der Waals surface area contributed by atoms with Crippen molar-refractivity contribution in [3.05, 3.63) is 58.1 Å². The fourth-order valence-corrected chi connectivity index (χ4v) is 3.41. The van der Waals surface area contributed by atoms with E-state index in [4.69, 9.17) is 32.7 Å². The molecule has 11 heteroatoms. The lowest BCUT2D eigenvalue weighted by Crippen LogP contribution is -2.43. The maximum atomic E-state index is 12.3. The van der Waals surface area contributed by atoms with E-state index < -0.39 is 36.2 Å². The number of amides is 3. The van der Waals surface area contributed by atoms with Gasteiger partial charge < -0.3 is 14.8 Å². The summed E-state index contributed by atoms with van der Waals surface area (Å²) in [5.41, 5.74) is 2.95. The second kappa shape index (κ2) is 10.3. The van der Waals surface area contributed by atoms with E-state index in [1.54, 1.807) is 30.3 Å². The highest BCUT2D eigenvalue weighted by Crippen LogP contribution is 2.27. The van der Waals surface area contributed by atoms with Crippen LogP contribution in [0.2, 0.25) is 10.0 Å². The summed E-state index contributed by atoms with van der Waals surface area (Å²) in [5, 5.41) is 4.20. The van der Waals surface area contributed by atoms with Crippen LogP contribution in [0.5, 0.6) is 5.75 Å². The van der Waals surface area contributed by atoms with Gasteiger partial charge in [-0.1, -0.05) is 35.3 Å². The first kappa shape index (κ1) is 23.4. The fraction of sp³-hybridized carbons (Fsp3) is 0.238. The third kappa shape index (κ3) is 5.68. The number of halogens is 2. The molecule has 32 heavy (non-hydrogen) atoms. The van der Waals surface area contributed by atoms with Gasteiger partial charge in [-0.15, -0.1) is 0 Å². The number of carbonyl (C=O) groups excluding carboxylic acids is 4. The molecule has 0 unspecified atom stereocenters. The number of benzene rings is 2. The van der Waals surface area contributed by atoms with E-state index in [0.717, 1.165) is 5.01 Å². The summed E-state index contributed by atoms with van der Waals surface area (Å²) in [6, 6.07) is 11.0. The van der Waals surface area contributed by atoms with Gasteiger partial charge in [0.05, 0.1) is 35.8 Å². The molecule has 1 saturated heterocycles. The third-order valence-corrected chi connectivity index (χ3v) is 5.16. The SMILES string of the molecule is COc1ccc(Cl)cc1NC(=O)COC(=O)[C@H]1CC(=O)N(NC(=O)c2ccccc2Cl)C1. The summed E-state index contributed by atoms with van der Waals surface area (Å²) in [6.45, 7) is -0.650. The van der Waals surface area contributed by atoms with Crippen molar-refractivity contribution in [1.82, 2.24) is 10.4 Å². The van der Waals surface area contributed by atoms with Crippen LogP contribution in [0.3, 0.4) is 0 Å². The summed E-state index contributed by atoms with van der Waals surface area (Å²) >= 11 is 11.9. The second-order valence-corrected chi connectivity index (χ2v) is 7.67. The highest BCUT2D eigenvalue weighted by molar-refractivity contribution is 6.33. The van der Waals surface area contributed by atoms with Crippen LogP contribution in [0.1, 0.15) is 16.8 Å². The monoisotopic (exact) mass is 479 g/mol. The van der Waals surface area contributed by atoms with Crippen molar-refractivity contribution in [3.63, 3.8) is 0 Å². The van der Waals surface area contributed by atoms with E-state index in [-0.39, 0.29) is 23.6 Å². The van der Waals surface area contributed by atoms with Gasteiger partial charge in [0.15, 0.2) is 6.61 Å². The highest BCUT2D eigenvalue weighted by atomic mass is 35.5. The molecule has 1 fully saturated rings. The Morgan fingerprint density at radius 2 is 1.91 bits per heavy atom. The molecular formula is C21H19Cl2N3O6. The number of ether oxygens (including phenoxy) is 2. The lowest BCUT2D eigenvalue weighted by molar-refractivity contribution is -0.151. The minimum absolute atomic E-state index is 0.0857. The summed E-state index contributed by atoms with van der Waals surface area (Å²) in [7, 11) is 1.44. The zero-order valence-corrected chi connectivity index (χ0v) is 18.4. The molecule has 168 valence electrons. The molecule has 0 bridgehead atoms. The van der Waals surface area contributed by atoms with Crippen LogP contribution in [0, 0.1) is 5.92 Å². The summed E-state index contributed by atoms with van der Waals surface area (Å²) < 4.78 is 10.2. The molecule has 1 aliphatic heterocycles. The van der Waals surface area contributed by atoms with Gasteiger partial charge in [0.2, 0.25) is 5.91 Å². The van der Waals surface area contributed by atoms with Crippen LogP contribution in [0.25, 0.3) is 0 Å². The molecule has 2 aromatic rings. The standard InChI is InChI=1S/C21H19Cl2N3O6/c1-31-17-7-6-13(22)9-16(17)24-18(27)11-32-21(30)12-8-19(28)26(10-12)25-20(29)14-4-2-3-5-15(14)23/h2-7,9,12H,8,10-11H2,1H3,(H,24,27)(H,25,29)/t12-/m0/s1. The van der Waals surface area contributed by atoms with Crippen molar-refractivity contribution < 1.29 is 28.7 Å². The first-order chi connectivity index (χ1) is 15.3. The molecule has 1 heterocycles. The van der Waals surface area contributed by atoms with Gasteiger partial charge in [0, 0.05) is 11.4 Å². The van der Waals surface area contributed by atoms with Gasteiger partial charge >= 0.3 is 5.97 Å². The van der Waals surface area contributed by atoms with Gasteiger partial charge in [-0.3, -0.25) is 29.6 Å². The smallest absolute Gasteiger partial charge is 0.311 e. The first-order valence-electron chi connectivity index (χ1n) is 9.44. The molecule has 3 amide bonds. The van der Waals surface area contributed by atoms with Gasteiger partial charge in [0.1, 0.15) is 5.75 Å². The lowest BCUT2D eigenvalue weighted by atomic mass is 10.1. The number of carbonyl (C=O) groups is 4. The van der Waals surface area contributed by atoms with Crippen molar-refractivity contribution in [2.24, 2.45) is 5.92 Å². The molecule has 0 spiro atoms. The molecular weight excluding hydrogens is 461 g/mol. The molecule has 0 aliphatic carbocycles. The number of hydrazine groups is 1. The van der Waals surface area contributed by atoms with Crippen LogP contribution in [0.4, 0.5) is 5.69 Å². The van der Waals surface area contributed by atoms with Gasteiger partial charge in [-0.25, -0.2) is 0 Å². The minimum atomic E-state index is -0.831. The fourth-order valence-electron chi connectivity index (χ4n) is 3.02. The quantitative estimate of drug-likeness (QED) is 0.590. The van der Waals surface area contributed by atoms with Crippen molar-refractivity contribution >= 4 is 52.6 Å². The molecule has 2 aromatic carbocycles. The molecule has 2 N–H and O–H groups in total. The van der Waals surface area contributed by atoms with Crippen molar-refractivity contribution in [2.45, 2.75) is 6.42 Å². The predicted octanol–water partition coefficient (Wildman–Crippen LogP) is 2.68. The van der Waals surface area contributed by atoms with Crippen molar-refractivity contribution in [2.75, 3.05) is 25.6 Å². The Balaban J connectivity index is 1.51. The molecule has 0 saturated carbocycles. The molecule has 1 atom stereocenters. The molecule has 0 aromatic heterocycles. The Morgan fingerprint density at radius 1 is 1.16 bits per heavy atom. The Labute approximate surface area is 193 Å². The third-order valence-electron chi connectivity index (χ3n) is 4.59. The average molecular weight is 480 g/mol. The number of hydrogen-bond acceptors (Lipinski definition) is 6. The Hall–Kier alpha value is -3.30. The normalized spacial score (nSPS) is 15.3. The largest absolute Gasteiger partial charge is 0.495 e. The Bertz CT molecular complexity index is 1060. The summed E-state index contributed by atoms with van der Waals surface area (Å²) in [4.78, 5) is 49.0. The van der Waals surface area contributed by atoms with Crippen LogP contribution in [-0.4, -0.2) is 49.0 Å². The summed E-state index contributed by atoms with van der Waals surface area (Å²) in [6.07, 6.45) is -0.161. The van der Waals surface area contributed by atoms with Gasteiger partial charge in [-0.2, -0.15) is 0 Å². The van der Waals surface area contributed by atoms with Crippen molar-refractivity contribution in [3.8, 4) is 5.75 Å².